The van der Waals surface area contributed by atoms with E-state index in [0.29, 0.717) is 38.8 Å². The highest BCUT2D eigenvalue weighted by atomic mass is 16.5. The number of aromatic nitrogens is 1. The summed E-state index contributed by atoms with van der Waals surface area (Å²) in [5.74, 6) is 0.755. The molecule has 0 spiro atoms. The van der Waals surface area contributed by atoms with Gasteiger partial charge in [-0.2, -0.15) is 0 Å². The highest BCUT2D eigenvalue weighted by Gasteiger charge is 2.26. The summed E-state index contributed by atoms with van der Waals surface area (Å²) < 4.78 is 5.27. The van der Waals surface area contributed by atoms with Gasteiger partial charge in [-0.1, -0.05) is 6.07 Å². The van der Waals surface area contributed by atoms with E-state index < -0.39 is 0 Å². The van der Waals surface area contributed by atoms with Gasteiger partial charge in [-0.05, 0) is 43.9 Å². The molecule has 0 aliphatic carbocycles. The number of nitrogens with one attached hydrogen (secondary N) is 1. The van der Waals surface area contributed by atoms with Crippen LogP contribution in [-0.2, 0) is 20.9 Å². The predicted octanol–water partition coefficient (Wildman–Crippen LogP) is 0.905. The molecule has 148 valence electrons. The van der Waals surface area contributed by atoms with Gasteiger partial charge in [0.25, 0.3) is 0 Å². The van der Waals surface area contributed by atoms with Crippen LogP contribution in [0, 0.1) is 11.8 Å². The van der Waals surface area contributed by atoms with Crippen LogP contribution in [0.5, 0.6) is 0 Å². The Morgan fingerprint density at radius 2 is 2.15 bits per heavy atom. The van der Waals surface area contributed by atoms with Gasteiger partial charge in [-0.15, -0.1) is 0 Å². The molecule has 3 heterocycles. The van der Waals surface area contributed by atoms with Crippen LogP contribution >= 0.6 is 0 Å². The van der Waals surface area contributed by atoms with Crippen LogP contribution in [-0.4, -0.2) is 73.0 Å². The fourth-order valence-corrected chi connectivity index (χ4v) is 3.71. The van der Waals surface area contributed by atoms with Gasteiger partial charge in [0.2, 0.25) is 11.8 Å². The molecule has 2 aliphatic heterocycles. The van der Waals surface area contributed by atoms with Crippen molar-refractivity contribution in [3.8, 4) is 0 Å². The van der Waals surface area contributed by atoms with Gasteiger partial charge in [0.15, 0.2) is 0 Å². The lowest BCUT2D eigenvalue weighted by molar-refractivity contribution is -0.134. The molecule has 0 bridgehead atoms. The zero-order valence-electron chi connectivity index (χ0n) is 16.1. The molecular formula is C20H30N4O3. The number of amides is 2. The third-order valence-corrected chi connectivity index (χ3v) is 5.41. The summed E-state index contributed by atoms with van der Waals surface area (Å²) in [5, 5.41) is 3.06. The van der Waals surface area contributed by atoms with E-state index in [0.717, 1.165) is 37.9 Å². The molecule has 7 nitrogen and oxygen atoms in total. The second-order valence-corrected chi connectivity index (χ2v) is 7.66. The molecule has 0 radical (unpaired) electrons. The van der Waals surface area contributed by atoms with E-state index in [4.69, 9.17) is 4.74 Å². The number of piperidine rings is 1. The smallest absolute Gasteiger partial charge is 0.236 e. The number of hydrogen-bond donors (Lipinski definition) is 1. The minimum atomic E-state index is 0.0158. The van der Waals surface area contributed by atoms with Crippen LogP contribution in [0.4, 0.5) is 0 Å². The maximum Gasteiger partial charge on any atom is 0.236 e. The summed E-state index contributed by atoms with van der Waals surface area (Å²) >= 11 is 0. The summed E-state index contributed by atoms with van der Waals surface area (Å²) in [6, 6.07) is 3.93. The maximum absolute atomic E-state index is 12.5. The Balaban J connectivity index is 1.34. The Hall–Kier alpha value is -1.99. The second kappa shape index (κ2) is 9.80. The minimum absolute atomic E-state index is 0.0158. The molecule has 3 rings (SSSR count). The van der Waals surface area contributed by atoms with E-state index in [-0.39, 0.29) is 17.7 Å². The third-order valence-electron chi connectivity index (χ3n) is 5.41. The van der Waals surface area contributed by atoms with E-state index in [1.807, 2.05) is 35.2 Å². The minimum Gasteiger partial charge on any atom is -0.381 e. The molecular weight excluding hydrogens is 344 g/mol. The van der Waals surface area contributed by atoms with Crippen molar-refractivity contribution in [2.75, 3.05) is 46.4 Å². The van der Waals surface area contributed by atoms with Crippen molar-refractivity contribution < 1.29 is 14.3 Å². The van der Waals surface area contributed by atoms with Crippen molar-refractivity contribution in [1.29, 1.82) is 0 Å². The molecule has 2 saturated heterocycles. The first kappa shape index (κ1) is 19.8. The summed E-state index contributed by atoms with van der Waals surface area (Å²) in [4.78, 5) is 32.7. The van der Waals surface area contributed by atoms with Gasteiger partial charge in [-0.3, -0.25) is 19.5 Å². The summed E-state index contributed by atoms with van der Waals surface area (Å²) in [7, 11) is 1.96. The summed E-state index contributed by atoms with van der Waals surface area (Å²) in [5.41, 5.74) is 1.11. The van der Waals surface area contributed by atoms with Crippen molar-refractivity contribution in [1.82, 2.24) is 20.1 Å². The van der Waals surface area contributed by atoms with E-state index in [1.165, 1.54) is 0 Å². The first-order valence-electron chi connectivity index (χ1n) is 9.82. The van der Waals surface area contributed by atoms with Crippen LogP contribution < -0.4 is 5.32 Å². The molecule has 1 atom stereocenters. The predicted molar refractivity (Wildman–Crippen MR) is 102 cm³/mol. The summed E-state index contributed by atoms with van der Waals surface area (Å²) in [6.07, 6.45) is 6.30. The average molecular weight is 374 g/mol. The monoisotopic (exact) mass is 374 g/mol. The normalized spacial score (nSPS) is 20.8. The Bertz CT molecular complexity index is 611. The number of likely N-dealkylation sites (tertiary alicyclic amines) is 1. The molecule has 1 N–H and O–H groups in total. The standard InChI is InChI=1S/C20H30N4O3/c1-23(13-17-3-2-7-21-11-17)14-19(25)24-8-4-16(5-9-24)12-22-20(26)18-6-10-27-15-18/h2-3,7,11,16,18H,4-6,8-10,12-15H2,1H3,(H,22,26). The van der Waals surface area contributed by atoms with Crippen LogP contribution in [0.15, 0.2) is 24.5 Å². The molecule has 0 aromatic carbocycles. The van der Waals surface area contributed by atoms with Gasteiger partial charge in [0.05, 0.1) is 19.1 Å². The number of hydrogen-bond acceptors (Lipinski definition) is 5. The van der Waals surface area contributed by atoms with E-state index in [2.05, 4.69) is 10.3 Å². The van der Waals surface area contributed by atoms with Gasteiger partial charge < -0.3 is 15.0 Å². The summed E-state index contributed by atoms with van der Waals surface area (Å²) in [6.45, 7) is 4.61. The Morgan fingerprint density at radius 1 is 1.33 bits per heavy atom. The SMILES string of the molecule is CN(CC(=O)N1CCC(CNC(=O)C2CCOC2)CC1)Cc1cccnc1. The van der Waals surface area contributed by atoms with Crippen LogP contribution in [0.25, 0.3) is 0 Å². The molecule has 1 aromatic rings. The third kappa shape index (κ3) is 6.01. The maximum atomic E-state index is 12.5. The van der Waals surface area contributed by atoms with Gasteiger partial charge in [0.1, 0.15) is 0 Å². The number of pyridine rings is 1. The first-order chi connectivity index (χ1) is 13.1. The van der Waals surface area contributed by atoms with E-state index >= 15 is 0 Å². The van der Waals surface area contributed by atoms with Crippen molar-refractivity contribution in [2.24, 2.45) is 11.8 Å². The highest BCUT2D eigenvalue weighted by Crippen LogP contribution is 2.18. The average Bonchev–Trinajstić information content (AvgIpc) is 3.22. The highest BCUT2D eigenvalue weighted by molar-refractivity contribution is 5.79. The Kier molecular flexibility index (Phi) is 7.18. The molecule has 7 heteroatoms. The lowest BCUT2D eigenvalue weighted by Crippen LogP contribution is -2.45. The molecule has 0 saturated carbocycles. The van der Waals surface area contributed by atoms with E-state index in [1.54, 1.807) is 6.20 Å². The molecule has 2 amide bonds. The topological polar surface area (TPSA) is 74.8 Å². The fourth-order valence-electron chi connectivity index (χ4n) is 3.71. The largest absolute Gasteiger partial charge is 0.381 e. The van der Waals surface area contributed by atoms with Gasteiger partial charge in [0, 0.05) is 45.2 Å². The molecule has 2 aliphatic rings. The zero-order valence-corrected chi connectivity index (χ0v) is 16.1. The number of nitrogens with zero attached hydrogens (tertiary/aromatic N) is 3. The van der Waals surface area contributed by atoms with E-state index in [9.17, 15) is 9.59 Å². The zero-order chi connectivity index (χ0) is 19.1. The number of likely N-dealkylation sites (N-methyl/N-ethyl adjacent to an activating group) is 1. The number of rotatable bonds is 7. The van der Waals surface area contributed by atoms with Crippen molar-refractivity contribution in [2.45, 2.75) is 25.8 Å². The van der Waals surface area contributed by atoms with Crippen LogP contribution in [0.3, 0.4) is 0 Å². The van der Waals surface area contributed by atoms with Crippen LogP contribution in [0.1, 0.15) is 24.8 Å². The molecule has 2 fully saturated rings. The quantitative estimate of drug-likeness (QED) is 0.768. The molecule has 1 aromatic heterocycles. The lowest BCUT2D eigenvalue weighted by atomic mass is 9.96. The second-order valence-electron chi connectivity index (χ2n) is 7.66. The van der Waals surface area contributed by atoms with Crippen molar-refractivity contribution >= 4 is 11.8 Å². The fraction of sp³-hybridized carbons (Fsp3) is 0.650. The number of carbonyl (C=O) groups excluding carboxylic acids is 2. The van der Waals surface area contributed by atoms with Crippen molar-refractivity contribution in [3.63, 3.8) is 0 Å². The molecule has 1 unspecified atom stereocenters. The van der Waals surface area contributed by atoms with Gasteiger partial charge >= 0.3 is 0 Å². The number of ether oxygens (including phenoxy) is 1. The van der Waals surface area contributed by atoms with Crippen LogP contribution in [0.2, 0.25) is 0 Å². The number of carbonyl (C=O) groups is 2. The Labute approximate surface area is 161 Å². The first-order valence-corrected chi connectivity index (χ1v) is 9.82. The Morgan fingerprint density at radius 3 is 2.81 bits per heavy atom. The molecule has 27 heavy (non-hydrogen) atoms. The van der Waals surface area contributed by atoms with Gasteiger partial charge in [-0.25, -0.2) is 0 Å². The lowest BCUT2D eigenvalue weighted by Gasteiger charge is -2.33. The van der Waals surface area contributed by atoms with Crippen molar-refractivity contribution in [3.05, 3.63) is 30.1 Å².